The quantitative estimate of drug-likeness (QED) is 0.633. The molecular weight excluding hydrogens is 283 g/mol. The van der Waals surface area contributed by atoms with Gasteiger partial charge in [-0.25, -0.2) is 0 Å². The summed E-state index contributed by atoms with van der Waals surface area (Å²) in [6.07, 6.45) is 0.383. The van der Waals surface area contributed by atoms with Crippen LogP contribution in [0.4, 0.5) is 15.8 Å². The van der Waals surface area contributed by atoms with E-state index in [1.807, 2.05) is 17.5 Å². The number of nitrogens with zero attached hydrogens (tertiary/aromatic N) is 1. The van der Waals surface area contributed by atoms with E-state index in [0.717, 1.165) is 10.9 Å². The fourth-order valence-corrected chi connectivity index (χ4v) is 2.72. The van der Waals surface area contributed by atoms with Crippen LogP contribution in [0.2, 0.25) is 0 Å². The van der Waals surface area contributed by atoms with Gasteiger partial charge in [0.05, 0.1) is 11.0 Å². The van der Waals surface area contributed by atoms with Gasteiger partial charge >= 0.3 is 5.69 Å². The minimum Gasteiger partial charge on any atom is -0.396 e. The fraction of sp³-hybridized carbons (Fsp3) is 0.231. The van der Waals surface area contributed by atoms with Crippen LogP contribution in [0, 0.1) is 15.9 Å². The number of rotatable bonds is 6. The molecule has 2 rings (SSSR count). The Balaban J connectivity index is 2.32. The van der Waals surface area contributed by atoms with Gasteiger partial charge in [-0.3, -0.25) is 10.1 Å². The van der Waals surface area contributed by atoms with Crippen molar-refractivity contribution in [2.24, 2.45) is 0 Å². The third-order valence-corrected chi connectivity index (χ3v) is 3.79. The predicted molar refractivity (Wildman–Crippen MR) is 75.4 cm³/mol. The maximum absolute atomic E-state index is 13.6. The minimum atomic E-state index is -0.881. The van der Waals surface area contributed by atoms with Gasteiger partial charge in [-0.15, -0.1) is 11.3 Å². The summed E-state index contributed by atoms with van der Waals surface area (Å²) in [6.45, 7) is -0.0708. The molecule has 0 amide bonds. The van der Waals surface area contributed by atoms with Crippen molar-refractivity contribution in [3.8, 4) is 0 Å². The number of hydrogen-bond donors (Lipinski definition) is 2. The Morgan fingerprint density at radius 1 is 1.40 bits per heavy atom. The Labute approximate surface area is 118 Å². The van der Waals surface area contributed by atoms with Crippen molar-refractivity contribution < 1.29 is 14.4 Å². The molecule has 0 aliphatic heterocycles. The van der Waals surface area contributed by atoms with Crippen LogP contribution >= 0.6 is 11.3 Å². The van der Waals surface area contributed by atoms with E-state index in [1.54, 1.807) is 0 Å². The first-order chi connectivity index (χ1) is 9.63. The number of thiophene rings is 1. The van der Waals surface area contributed by atoms with Crippen molar-refractivity contribution in [1.29, 1.82) is 0 Å². The molecule has 106 valence electrons. The normalized spacial score (nSPS) is 12.1. The van der Waals surface area contributed by atoms with Crippen LogP contribution in [0.15, 0.2) is 35.7 Å². The third kappa shape index (κ3) is 3.12. The second-order valence-corrected chi connectivity index (χ2v) is 5.10. The van der Waals surface area contributed by atoms with Crippen molar-refractivity contribution in [3.05, 3.63) is 56.5 Å². The molecule has 7 heteroatoms. The second-order valence-electron chi connectivity index (χ2n) is 4.12. The first-order valence-electron chi connectivity index (χ1n) is 5.97. The molecule has 1 heterocycles. The van der Waals surface area contributed by atoms with E-state index < -0.39 is 16.4 Å². The number of aliphatic hydroxyl groups excluding tert-OH is 1. The van der Waals surface area contributed by atoms with Crippen LogP contribution in [0.5, 0.6) is 0 Å². The Morgan fingerprint density at radius 3 is 2.80 bits per heavy atom. The molecule has 0 bridgehead atoms. The summed E-state index contributed by atoms with van der Waals surface area (Å²) >= 11 is 1.47. The number of benzene rings is 1. The van der Waals surface area contributed by atoms with Crippen molar-refractivity contribution in [2.75, 3.05) is 11.9 Å². The van der Waals surface area contributed by atoms with Crippen LogP contribution in [0.3, 0.4) is 0 Å². The van der Waals surface area contributed by atoms with Crippen LogP contribution in [-0.2, 0) is 0 Å². The average Bonchev–Trinajstić information content (AvgIpc) is 2.91. The summed E-state index contributed by atoms with van der Waals surface area (Å²) in [5.41, 5.74) is -0.464. The molecular formula is C13H13FN2O3S. The lowest BCUT2D eigenvalue weighted by Crippen LogP contribution is -2.12. The minimum absolute atomic E-state index is 0.0708. The van der Waals surface area contributed by atoms with E-state index in [-0.39, 0.29) is 18.3 Å². The summed E-state index contributed by atoms with van der Waals surface area (Å²) < 4.78 is 13.6. The maximum Gasteiger partial charge on any atom is 0.327 e. The molecule has 0 saturated carbocycles. The second kappa shape index (κ2) is 6.44. The van der Waals surface area contributed by atoms with E-state index in [2.05, 4.69) is 5.32 Å². The van der Waals surface area contributed by atoms with E-state index >= 15 is 0 Å². The van der Waals surface area contributed by atoms with Crippen molar-refractivity contribution in [1.82, 2.24) is 0 Å². The Morgan fingerprint density at radius 2 is 2.20 bits per heavy atom. The summed E-state index contributed by atoms with van der Waals surface area (Å²) in [5, 5.41) is 24.9. The third-order valence-electron chi connectivity index (χ3n) is 2.80. The lowest BCUT2D eigenvalue weighted by molar-refractivity contribution is -0.386. The zero-order chi connectivity index (χ0) is 14.5. The number of nitrogens with one attached hydrogen (secondary N) is 1. The number of halogens is 1. The smallest absolute Gasteiger partial charge is 0.327 e. The fourth-order valence-electron chi connectivity index (χ4n) is 1.91. The molecule has 1 unspecified atom stereocenters. The predicted octanol–water partition coefficient (Wildman–Crippen LogP) is 3.33. The Kier molecular flexibility index (Phi) is 4.65. The molecule has 2 N–H and O–H groups in total. The standard InChI is InChI=1S/C13H13FN2O3S/c14-9-3-1-4-11(13(9)16(18)19)15-10(6-7-17)12-5-2-8-20-12/h1-5,8,10,15,17H,6-7H2. The van der Waals surface area contributed by atoms with Gasteiger partial charge in [0, 0.05) is 11.5 Å². The molecule has 1 aromatic carbocycles. The summed E-state index contributed by atoms with van der Waals surface area (Å²) in [6, 6.07) is 7.35. The molecule has 5 nitrogen and oxygen atoms in total. The van der Waals surface area contributed by atoms with Crippen molar-refractivity contribution >= 4 is 22.7 Å². The maximum atomic E-state index is 13.6. The monoisotopic (exact) mass is 296 g/mol. The molecule has 1 atom stereocenters. The van der Waals surface area contributed by atoms with Crippen LogP contribution in [-0.4, -0.2) is 16.6 Å². The van der Waals surface area contributed by atoms with Gasteiger partial charge in [0.1, 0.15) is 5.69 Å². The summed E-state index contributed by atoms with van der Waals surface area (Å²) in [4.78, 5) is 11.1. The molecule has 1 aromatic heterocycles. The number of para-hydroxylation sites is 1. The summed E-state index contributed by atoms with van der Waals surface area (Å²) in [7, 11) is 0. The van der Waals surface area contributed by atoms with E-state index in [0.29, 0.717) is 6.42 Å². The van der Waals surface area contributed by atoms with Gasteiger partial charge < -0.3 is 10.4 Å². The number of nitro groups is 1. The van der Waals surface area contributed by atoms with Gasteiger partial charge in [0.25, 0.3) is 0 Å². The van der Waals surface area contributed by atoms with Gasteiger partial charge in [0.2, 0.25) is 5.82 Å². The van der Waals surface area contributed by atoms with Gasteiger partial charge in [-0.2, -0.15) is 4.39 Å². The molecule has 0 fully saturated rings. The zero-order valence-electron chi connectivity index (χ0n) is 10.5. The van der Waals surface area contributed by atoms with Gasteiger partial charge in [0.15, 0.2) is 0 Å². The lowest BCUT2D eigenvalue weighted by Gasteiger charge is -2.17. The number of hydrogen-bond acceptors (Lipinski definition) is 5. The number of aliphatic hydroxyl groups is 1. The highest BCUT2D eigenvalue weighted by Gasteiger charge is 2.22. The molecule has 0 spiro atoms. The van der Waals surface area contributed by atoms with Gasteiger partial charge in [-0.1, -0.05) is 12.1 Å². The highest BCUT2D eigenvalue weighted by atomic mass is 32.1. The topological polar surface area (TPSA) is 75.4 Å². The van der Waals surface area contributed by atoms with E-state index in [9.17, 15) is 14.5 Å². The molecule has 0 aliphatic carbocycles. The lowest BCUT2D eigenvalue weighted by atomic mass is 10.1. The van der Waals surface area contributed by atoms with Crippen LogP contribution in [0.25, 0.3) is 0 Å². The largest absolute Gasteiger partial charge is 0.396 e. The molecule has 2 aromatic rings. The van der Waals surface area contributed by atoms with Crippen molar-refractivity contribution in [2.45, 2.75) is 12.5 Å². The Bertz CT molecular complexity index is 589. The number of nitro benzene ring substituents is 1. The highest BCUT2D eigenvalue weighted by molar-refractivity contribution is 7.10. The molecule has 0 aliphatic rings. The highest BCUT2D eigenvalue weighted by Crippen LogP contribution is 2.32. The van der Waals surface area contributed by atoms with Crippen LogP contribution in [0.1, 0.15) is 17.3 Å². The first kappa shape index (κ1) is 14.4. The van der Waals surface area contributed by atoms with Crippen molar-refractivity contribution in [3.63, 3.8) is 0 Å². The zero-order valence-corrected chi connectivity index (χ0v) is 11.3. The van der Waals surface area contributed by atoms with Crippen LogP contribution < -0.4 is 5.32 Å². The van der Waals surface area contributed by atoms with Gasteiger partial charge in [-0.05, 0) is 30.0 Å². The molecule has 0 radical (unpaired) electrons. The Hall–Kier alpha value is -1.99. The number of anilines is 1. The van der Waals surface area contributed by atoms with E-state index in [1.165, 1.54) is 23.5 Å². The SMILES string of the molecule is O=[N+]([O-])c1c(F)cccc1NC(CCO)c1cccs1. The average molecular weight is 296 g/mol. The summed E-state index contributed by atoms with van der Waals surface area (Å²) in [5.74, 6) is -0.881. The molecule has 20 heavy (non-hydrogen) atoms. The van der Waals surface area contributed by atoms with E-state index in [4.69, 9.17) is 5.11 Å². The first-order valence-corrected chi connectivity index (χ1v) is 6.85. The molecule has 0 saturated heterocycles.